The largest absolute Gasteiger partial charge is 0.492 e. The quantitative estimate of drug-likeness (QED) is 0.284. The van der Waals surface area contributed by atoms with E-state index < -0.39 is 0 Å². The topological polar surface area (TPSA) is 68.7 Å². The Bertz CT molecular complexity index is 879. The average Bonchev–Trinajstić information content (AvgIpc) is 2.89. The molecule has 0 aliphatic rings. The van der Waals surface area contributed by atoms with Crippen molar-refractivity contribution in [2.24, 2.45) is 11.8 Å². The van der Waals surface area contributed by atoms with Gasteiger partial charge in [-0.3, -0.25) is 9.78 Å². The van der Waals surface area contributed by atoms with Crippen molar-refractivity contribution in [1.82, 2.24) is 4.98 Å². The number of aryl methyl sites for hydroxylation is 2. The van der Waals surface area contributed by atoms with Crippen LogP contribution in [0.5, 0.6) is 5.75 Å². The number of hydrogen-bond donors (Lipinski definition) is 1. The van der Waals surface area contributed by atoms with Crippen LogP contribution in [0.3, 0.4) is 0 Å². The maximum Gasteiger partial charge on any atom is 0.303 e. The molecular formula is C34H61NO4. The van der Waals surface area contributed by atoms with Crippen LogP contribution in [-0.4, -0.2) is 34.9 Å². The van der Waals surface area contributed by atoms with E-state index in [2.05, 4.69) is 64.7 Å². The summed E-state index contributed by atoms with van der Waals surface area (Å²) in [6.07, 6.45) is 10.1. The number of aromatic nitrogens is 1. The summed E-state index contributed by atoms with van der Waals surface area (Å²) < 4.78 is 10.5. The molecule has 5 heteroatoms. The number of aliphatic hydroxyl groups excluding tert-OH is 1. The fraction of sp³-hybridized carbons (Fsp3) is 0.706. The molecule has 0 saturated heterocycles. The zero-order valence-electron chi connectivity index (χ0n) is 27.4. The van der Waals surface area contributed by atoms with E-state index in [1.54, 1.807) is 0 Å². The molecule has 2 aromatic rings. The number of esters is 1. The van der Waals surface area contributed by atoms with Gasteiger partial charge in [-0.1, -0.05) is 86.6 Å². The van der Waals surface area contributed by atoms with Crippen LogP contribution in [0.2, 0.25) is 0 Å². The standard InChI is InChI=1S/C15H19NO.C11H24O.C6H12O2.C2H6/c1-4-8-17-15-10-16-14-7-6-12(5-2)9-13(14)11(15)3;1-4-7-11(8-5-2)10(6-3)9-12;1-5(7)8-6(2,3)4;1-2/h6-7,9-10H,4-5,8H2,1-3H3;10-12H,4-9H2,1-3H3;1-4H3;1-2H3. The Morgan fingerprint density at radius 2 is 1.56 bits per heavy atom. The number of fused-ring (bicyclic) bond motifs is 1. The molecule has 1 heterocycles. The third kappa shape index (κ3) is 17.2. The van der Waals surface area contributed by atoms with Crippen molar-refractivity contribution in [2.75, 3.05) is 13.2 Å². The SMILES string of the molecule is CC.CC(=O)OC(C)(C)C.CCCC(CCC)C(CC)CO.CCCOc1cnc2ccc(CC)cc2c1C. The van der Waals surface area contributed by atoms with Crippen molar-refractivity contribution in [3.63, 3.8) is 0 Å². The third-order valence-electron chi connectivity index (χ3n) is 6.22. The van der Waals surface area contributed by atoms with Gasteiger partial charge in [0.25, 0.3) is 0 Å². The van der Waals surface area contributed by atoms with Crippen LogP contribution in [-0.2, 0) is 16.0 Å². The number of carbonyl (C=O) groups is 1. The van der Waals surface area contributed by atoms with Gasteiger partial charge in [-0.05, 0) is 70.1 Å². The number of carbonyl (C=O) groups excluding carboxylic acids is 1. The average molecular weight is 548 g/mol. The van der Waals surface area contributed by atoms with Gasteiger partial charge in [0, 0.05) is 24.5 Å². The van der Waals surface area contributed by atoms with Gasteiger partial charge in [-0.25, -0.2) is 0 Å². The maximum absolute atomic E-state index is 10.2. The normalized spacial score (nSPS) is 11.3. The molecule has 0 bridgehead atoms. The van der Waals surface area contributed by atoms with Crippen molar-refractivity contribution in [1.29, 1.82) is 0 Å². The molecule has 0 fully saturated rings. The van der Waals surface area contributed by atoms with E-state index in [1.807, 2.05) is 40.8 Å². The highest BCUT2D eigenvalue weighted by molar-refractivity contribution is 5.84. The van der Waals surface area contributed by atoms with Gasteiger partial charge in [0.2, 0.25) is 0 Å². The molecule has 0 aliphatic carbocycles. The molecule has 0 amide bonds. The van der Waals surface area contributed by atoms with Crippen LogP contribution in [0.15, 0.2) is 24.4 Å². The second-order valence-corrected chi connectivity index (χ2v) is 10.7. The van der Waals surface area contributed by atoms with Crippen LogP contribution < -0.4 is 4.74 Å². The molecule has 1 atom stereocenters. The molecule has 1 unspecified atom stereocenters. The maximum atomic E-state index is 10.2. The smallest absolute Gasteiger partial charge is 0.303 e. The highest BCUT2D eigenvalue weighted by Crippen LogP contribution is 2.27. The molecule has 39 heavy (non-hydrogen) atoms. The Labute approximate surface area is 241 Å². The van der Waals surface area contributed by atoms with E-state index in [-0.39, 0.29) is 11.6 Å². The van der Waals surface area contributed by atoms with E-state index in [0.717, 1.165) is 43.1 Å². The molecule has 226 valence electrons. The van der Waals surface area contributed by atoms with Crippen LogP contribution in [0.4, 0.5) is 0 Å². The molecule has 0 radical (unpaired) electrons. The lowest BCUT2D eigenvalue weighted by Gasteiger charge is -2.23. The predicted molar refractivity (Wildman–Crippen MR) is 169 cm³/mol. The van der Waals surface area contributed by atoms with Gasteiger partial charge in [0.05, 0.1) is 18.3 Å². The predicted octanol–water partition coefficient (Wildman–Crippen LogP) is 9.49. The molecule has 5 nitrogen and oxygen atoms in total. The summed E-state index contributed by atoms with van der Waals surface area (Å²) in [5.41, 5.74) is 3.25. The second kappa shape index (κ2) is 22.7. The van der Waals surface area contributed by atoms with Gasteiger partial charge in [0.15, 0.2) is 0 Å². The molecule has 2 rings (SSSR count). The number of aliphatic hydroxyl groups is 1. The summed E-state index contributed by atoms with van der Waals surface area (Å²) in [4.78, 5) is 14.7. The Balaban J connectivity index is 0. The Morgan fingerprint density at radius 1 is 0.974 bits per heavy atom. The number of rotatable bonds is 11. The van der Waals surface area contributed by atoms with E-state index in [4.69, 9.17) is 14.6 Å². The summed E-state index contributed by atoms with van der Waals surface area (Å²) in [7, 11) is 0. The fourth-order valence-corrected chi connectivity index (χ4v) is 4.33. The Kier molecular flexibility index (Phi) is 22.7. The summed E-state index contributed by atoms with van der Waals surface area (Å²) in [6, 6.07) is 6.45. The minimum Gasteiger partial charge on any atom is -0.492 e. The minimum atomic E-state index is -0.328. The molecular weight excluding hydrogens is 486 g/mol. The first-order valence-corrected chi connectivity index (χ1v) is 15.3. The van der Waals surface area contributed by atoms with Gasteiger partial charge in [-0.2, -0.15) is 0 Å². The molecule has 0 spiro atoms. The summed E-state index contributed by atoms with van der Waals surface area (Å²) in [5.74, 6) is 1.99. The Morgan fingerprint density at radius 3 is 1.95 bits per heavy atom. The van der Waals surface area contributed by atoms with E-state index in [1.165, 1.54) is 49.1 Å². The monoisotopic (exact) mass is 547 g/mol. The summed E-state index contributed by atoms with van der Waals surface area (Å²) in [6.45, 7) is 25.1. The third-order valence-corrected chi connectivity index (χ3v) is 6.22. The van der Waals surface area contributed by atoms with Crippen LogP contribution in [0, 0.1) is 18.8 Å². The number of pyridine rings is 1. The number of nitrogens with zero attached hydrogens (tertiary/aromatic N) is 1. The molecule has 0 aliphatic heterocycles. The first kappa shape index (κ1) is 39.0. The zero-order valence-corrected chi connectivity index (χ0v) is 27.4. The Hall–Kier alpha value is -2.14. The number of benzene rings is 1. The molecule has 1 aromatic carbocycles. The van der Waals surface area contributed by atoms with Gasteiger partial charge < -0.3 is 14.6 Å². The lowest BCUT2D eigenvalue weighted by molar-refractivity contribution is -0.151. The highest BCUT2D eigenvalue weighted by atomic mass is 16.6. The van der Waals surface area contributed by atoms with Crippen LogP contribution in [0.25, 0.3) is 10.9 Å². The van der Waals surface area contributed by atoms with Gasteiger partial charge >= 0.3 is 5.97 Å². The van der Waals surface area contributed by atoms with Crippen molar-refractivity contribution in [2.45, 2.75) is 134 Å². The van der Waals surface area contributed by atoms with Crippen molar-refractivity contribution >= 4 is 16.9 Å². The van der Waals surface area contributed by atoms with Gasteiger partial charge in [-0.15, -0.1) is 0 Å². The van der Waals surface area contributed by atoms with E-state index >= 15 is 0 Å². The van der Waals surface area contributed by atoms with E-state index in [0.29, 0.717) is 12.5 Å². The van der Waals surface area contributed by atoms with Crippen molar-refractivity contribution < 1.29 is 19.4 Å². The minimum absolute atomic E-state index is 0.225. The number of hydrogen-bond acceptors (Lipinski definition) is 5. The first-order valence-electron chi connectivity index (χ1n) is 15.3. The number of ether oxygens (including phenoxy) is 2. The van der Waals surface area contributed by atoms with E-state index in [9.17, 15) is 4.79 Å². The van der Waals surface area contributed by atoms with Crippen LogP contribution >= 0.6 is 0 Å². The summed E-state index contributed by atoms with van der Waals surface area (Å²) in [5, 5.41) is 10.4. The van der Waals surface area contributed by atoms with Crippen molar-refractivity contribution in [3.8, 4) is 5.75 Å². The highest BCUT2D eigenvalue weighted by Gasteiger charge is 2.17. The lowest BCUT2D eigenvalue weighted by atomic mass is 9.84. The second-order valence-electron chi connectivity index (χ2n) is 10.7. The molecule has 0 saturated carbocycles. The summed E-state index contributed by atoms with van der Waals surface area (Å²) >= 11 is 0. The molecule has 1 aromatic heterocycles. The zero-order chi connectivity index (χ0) is 30.4. The van der Waals surface area contributed by atoms with Gasteiger partial charge in [0.1, 0.15) is 11.4 Å². The van der Waals surface area contributed by atoms with Crippen molar-refractivity contribution in [3.05, 3.63) is 35.5 Å². The lowest BCUT2D eigenvalue weighted by Crippen LogP contribution is -2.21. The van der Waals surface area contributed by atoms with Crippen LogP contribution in [0.1, 0.15) is 126 Å². The fourth-order valence-electron chi connectivity index (χ4n) is 4.33. The first-order chi connectivity index (χ1) is 18.5. The molecule has 1 N–H and O–H groups in total.